The van der Waals surface area contributed by atoms with E-state index in [0.29, 0.717) is 6.04 Å². The van der Waals surface area contributed by atoms with Crippen molar-refractivity contribution in [1.29, 1.82) is 0 Å². The number of para-hydroxylation sites is 1. The van der Waals surface area contributed by atoms with Crippen molar-refractivity contribution in [3.63, 3.8) is 0 Å². The van der Waals surface area contributed by atoms with Gasteiger partial charge in [0.15, 0.2) is 0 Å². The van der Waals surface area contributed by atoms with Gasteiger partial charge in [-0.05, 0) is 36.9 Å². The van der Waals surface area contributed by atoms with Gasteiger partial charge in [-0.25, -0.2) is 0 Å². The molecule has 1 atom stereocenters. The number of hydrogen-bond acceptors (Lipinski definition) is 4. The molecule has 0 bridgehead atoms. The SMILES string of the molecule is Cn1cnnc1C1CCCN1Cc1cccc2c1NCC2. The molecule has 4 rings (SSSR count). The van der Waals surface area contributed by atoms with Crippen LogP contribution in [0.5, 0.6) is 0 Å². The zero-order valence-corrected chi connectivity index (χ0v) is 12.4. The van der Waals surface area contributed by atoms with Gasteiger partial charge >= 0.3 is 0 Å². The number of likely N-dealkylation sites (tertiary alicyclic amines) is 1. The molecule has 2 aromatic rings. The van der Waals surface area contributed by atoms with Crippen LogP contribution in [-0.4, -0.2) is 32.8 Å². The first-order valence-corrected chi connectivity index (χ1v) is 7.75. The average Bonchev–Trinajstić information content (AvgIpc) is 3.19. The Kier molecular flexibility index (Phi) is 3.15. The second-order valence-corrected chi connectivity index (χ2v) is 6.06. The molecule has 0 amide bonds. The Hall–Kier alpha value is -1.88. The van der Waals surface area contributed by atoms with Gasteiger partial charge < -0.3 is 9.88 Å². The van der Waals surface area contributed by atoms with Crippen molar-refractivity contribution >= 4 is 5.69 Å². The zero-order chi connectivity index (χ0) is 14.2. The number of anilines is 1. The first-order valence-electron chi connectivity index (χ1n) is 7.75. The Morgan fingerprint density at radius 2 is 2.33 bits per heavy atom. The van der Waals surface area contributed by atoms with Gasteiger partial charge in [0.25, 0.3) is 0 Å². The third-order valence-corrected chi connectivity index (χ3v) is 4.71. The molecule has 0 radical (unpaired) electrons. The highest BCUT2D eigenvalue weighted by Crippen LogP contribution is 2.34. The van der Waals surface area contributed by atoms with Gasteiger partial charge in [-0.3, -0.25) is 4.90 Å². The van der Waals surface area contributed by atoms with E-state index in [1.54, 1.807) is 6.33 Å². The Bertz CT molecular complexity index is 648. The van der Waals surface area contributed by atoms with Crippen LogP contribution in [0.25, 0.3) is 0 Å². The highest BCUT2D eigenvalue weighted by molar-refractivity contribution is 5.61. The van der Waals surface area contributed by atoms with Crippen LogP contribution in [0.3, 0.4) is 0 Å². The van der Waals surface area contributed by atoms with Crippen molar-refractivity contribution in [3.8, 4) is 0 Å². The second kappa shape index (κ2) is 5.15. The van der Waals surface area contributed by atoms with E-state index < -0.39 is 0 Å². The summed E-state index contributed by atoms with van der Waals surface area (Å²) < 4.78 is 2.05. The normalized spacial score (nSPS) is 21.5. The van der Waals surface area contributed by atoms with E-state index >= 15 is 0 Å². The van der Waals surface area contributed by atoms with Gasteiger partial charge in [0.1, 0.15) is 12.2 Å². The van der Waals surface area contributed by atoms with E-state index in [1.807, 2.05) is 7.05 Å². The lowest BCUT2D eigenvalue weighted by molar-refractivity contribution is 0.236. The van der Waals surface area contributed by atoms with Gasteiger partial charge in [-0.15, -0.1) is 10.2 Å². The molecule has 1 aromatic heterocycles. The van der Waals surface area contributed by atoms with Crippen molar-refractivity contribution in [1.82, 2.24) is 19.7 Å². The lowest BCUT2D eigenvalue weighted by Crippen LogP contribution is -2.25. The minimum absolute atomic E-state index is 0.398. The molecule has 5 heteroatoms. The summed E-state index contributed by atoms with van der Waals surface area (Å²) in [7, 11) is 2.04. The van der Waals surface area contributed by atoms with Crippen LogP contribution in [0.4, 0.5) is 5.69 Å². The fraction of sp³-hybridized carbons (Fsp3) is 0.500. The molecular formula is C16H21N5. The summed E-state index contributed by atoms with van der Waals surface area (Å²) in [6, 6.07) is 7.08. The van der Waals surface area contributed by atoms with Crippen molar-refractivity contribution in [3.05, 3.63) is 41.5 Å². The third-order valence-electron chi connectivity index (χ3n) is 4.71. The topological polar surface area (TPSA) is 46.0 Å². The standard InChI is InChI=1S/C16H21N5/c1-20-11-18-19-16(20)14-6-3-9-21(14)10-13-5-2-4-12-7-8-17-15(12)13/h2,4-5,11,14,17H,3,6-10H2,1H3. The summed E-state index contributed by atoms with van der Waals surface area (Å²) in [5, 5.41) is 11.9. The molecule has 3 heterocycles. The molecule has 1 aromatic carbocycles. The Balaban J connectivity index is 1.60. The smallest absolute Gasteiger partial charge is 0.149 e. The van der Waals surface area contributed by atoms with Crippen LogP contribution >= 0.6 is 0 Å². The highest BCUT2D eigenvalue weighted by Gasteiger charge is 2.30. The molecule has 2 aliphatic heterocycles. The number of nitrogens with zero attached hydrogens (tertiary/aromatic N) is 4. The Morgan fingerprint density at radius 1 is 1.38 bits per heavy atom. The van der Waals surface area contributed by atoms with Crippen molar-refractivity contribution in [2.24, 2.45) is 7.05 Å². The first-order chi connectivity index (χ1) is 10.3. The fourth-order valence-corrected chi connectivity index (χ4v) is 3.66. The number of hydrogen-bond donors (Lipinski definition) is 1. The number of nitrogens with one attached hydrogen (secondary N) is 1. The van der Waals surface area contributed by atoms with Crippen LogP contribution in [0.2, 0.25) is 0 Å². The third kappa shape index (κ3) is 2.21. The average molecular weight is 283 g/mol. The van der Waals surface area contributed by atoms with Crippen LogP contribution in [0.1, 0.15) is 35.8 Å². The molecule has 1 saturated heterocycles. The molecule has 21 heavy (non-hydrogen) atoms. The second-order valence-electron chi connectivity index (χ2n) is 6.06. The largest absolute Gasteiger partial charge is 0.384 e. The number of aryl methyl sites for hydroxylation is 1. The predicted molar refractivity (Wildman–Crippen MR) is 82.0 cm³/mol. The number of aromatic nitrogens is 3. The van der Waals surface area contributed by atoms with Gasteiger partial charge in [0.05, 0.1) is 6.04 Å². The lowest BCUT2D eigenvalue weighted by atomic mass is 10.1. The molecular weight excluding hydrogens is 262 g/mol. The molecule has 2 aliphatic rings. The van der Waals surface area contributed by atoms with E-state index in [0.717, 1.165) is 31.9 Å². The summed E-state index contributed by atoms with van der Waals surface area (Å²) in [5.74, 6) is 1.09. The molecule has 5 nitrogen and oxygen atoms in total. The number of benzene rings is 1. The maximum absolute atomic E-state index is 4.32. The van der Waals surface area contributed by atoms with Crippen LogP contribution in [0, 0.1) is 0 Å². The van der Waals surface area contributed by atoms with Gasteiger partial charge in [-0.1, -0.05) is 18.2 Å². The zero-order valence-electron chi connectivity index (χ0n) is 12.4. The van der Waals surface area contributed by atoms with Gasteiger partial charge in [0.2, 0.25) is 0 Å². The first kappa shape index (κ1) is 12.8. The molecule has 1 N–H and O–H groups in total. The van der Waals surface area contributed by atoms with Crippen LogP contribution in [-0.2, 0) is 20.0 Å². The number of fused-ring (bicyclic) bond motifs is 1. The van der Waals surface area contributed by atoms with Crippen molar-refractivity contribution in [2.75, 3.05) is 18.4 Å². The summed E-state index contributed by atoms with van der Waals surface area (Å²) in [4.78, 5) is 2.54. The maximum atomic E-state index is 4.32. The summed E-state index contributed by atoms with van der Waals surface area (Å²) in [5.41, 5.74) is 4.24. The summed E-state index contributed by atoms with van der Waals surface area (Å²) in [6.45, 7) is 3.20. The van der Waals surface area contributed by atoms with Gasteiger partial charge in [0, 0.05) is 25.8 Å². The van der Waals surface area contributed by atoms with E-state index in [4.69, 9.17) is 0 Å². The van der Waals surface area contributed by atoms with Crippen molar-refractivity contribution in [2.45, 2.75) is 31.8 Å². The lowest BCUT2D eigenvalue weighted by Gasteiger charge is -2.24. The maximum Gasteiger partial charge on any atom is 0.149 e. The summed E-state index contributed by atoms with van der Waals surface area (Å²) >= 11 is 0. The molecule has 0 saturated carbocycles. The number of rotatable bonds is 3. The molecule has 0 aliphatic carbocycles. The molecule has 0 spiro atoms. The van der Waals surface area contributed by atoms with E-state index in [-0.39, 0.29) is 0 Å². The molecule has 110 valence electrons. The van der Waals surface area contributed by atoms with Crippen LogP contribution in [0.15, 0.2) is 24.5 Å². The minimum atomic E-state index is 0.398. The summed E-state index contributed by atoms with van der Waals surface area (Å²) in [6.07, 6.45) is 5.36. The monoisotopic (exact) mass is 283 g/mol. The van der Waals surface area contributed by atoms with Gasteiger partial charge in [-0.2, -0.15) is 0 Å². The fourth-order valence-electron chi connectivity index (χ4n) is 3.66. The quantitative estimate of drug-likeness (QED) is 0.937. The van der Waals surface area contributed by atoms with Crippen molar-refractivity contribution < 1.29 is 0 Å². The predicted octanol–water partition coefficient (Wildman–Crippen LogP) is 2.12. The molecule has 1 fully saturated rings. The van der Waals surface area contributed by atoms with E-state index in [9.17, 15) is 0 Å². The Labute approximate surface area is 125 Å². The van der Waals surface area contributed by atoms with E-state index in [2.05, 4.69) is 43.2 Å². The highest BCUT2D eigenvalue weighted by atomic mass is 15.3. The minimum Gasteiger partial charge on any atom is -0.384 e. The van der Waals surface area contributed by atoms with Crippen LogP contribution < -0.4 is 5.32 Å². The van der Waals surface area contributed by atoms with E-state index in [1.165, 1.54) is 29.7 Å². The molecule has 1 unspecified atom stereocenters. The Morgan fingerprint density at radius 3 is 3.19 bits per heavy atom.